The molecule has 5 heteroatoms. The SMILES string of the molecule is CCNC(=O)c1ccc(N)cc1N(C)CCOCC. The molecule has 0 saturated heterocycles. The van der Waals surface area contributed by atoms with Crippen molar-refractivity contribution in [3.05, 3.63) is 23.8 Å². The molecule has 3 N–H and O–H groups in total. The van der Waals surface area contributed by atoms with Gasteiger partial charge in [0.25, 0.3) is 5.91 Å². The summed E-state index contributed by atoms with van der Waals surface area (Å²) in [5.74, 6) is -0.0826. The van der Waals surface area contributed by atoms with Gasteiger partial charge in [-0.05, 0) is 32.0 Å². The van der Waals surface area contributed by atoms with Gasteiger partial charge in [0.15, 0.2) is 0 Å². The summed E-state index contributed by atoms with van der Waals surface area (Å²) in [4.78, 5) is 14.0. The molecule has 0 heterocycles. The highest BCUT2D eigenvalue weighted by atomic mass is 16.5. The van der Waals surface area contributed by atoms with Crippen LogP contribution in [0, 0.1) is 0 Å². The molecule has 0 fully saturated rings. The Morgan fingerprint density at radius 3 is 2.79 bits per heavy atom. The van der Waals surface area contributed by atoms with Gasteiger partial charge >= 0.3 is 0 Å². The Kier molecular flexibility index (Phi) is 6.15. The number of anilines is 2. The molecule has 0 spiro atoms. The van der Waals surface area contributed by atoms with Gasteiger partial charge in [0.05, 0.1) is 17.9 Å². The zero-order valence-corrected chi connectivity index (χ0v) is 11.9. The van der Waals surface area contributed by atoms with E-state index in [1.165, 1.54) is 0 Å². The quantitative estimate of drug-likeness (QED) is 0.579. The first kappa shape index (κ1) is 15.3. The van der Waals surface area contributed by atoms with Crippen LogP contribution in [-0.4, -0.2) is 39.3 Å². The third kappa shape index (κ3) is 4.44. The Balaban J connectivity index is 2.89. The van der Waals surface area contributed by atoms with Crippen molar-refractivity contribution in [2.75, 3.05) is 44.0 Å². The van der Waals surface area contributed by atoms with E-state index < -0.39 is 0 Å². The second-order valence-electron chi connectivity index (χ2n) is 4.25. The van der Waals surface area contributed by atoms with Crippen molar-refractivity contribution < 1.29 is 9.53 Å². The predicted molar refractivity (Wildman–Crippen MR) is 78.6 cm³/mol. The van der Waals surface area contributed by atoms with Crippen LogP contribution in [-0.2, 0) is 4.74 Å². The molecule has 106 valence electrons. The zero-order chi connectivity index (χ0) is 14.3. The van der Waals surface area contributed by atoms with Crippen LogP contribution in [0.2, 0.25) is 0 Å². The summed E-state index contributed by atoms with van der Waals surface area (Å²) in [7, 11) is 1.93. The molecule has 0 bridgehead atoms. The van der Waals surface area contributed by atoms with Crippen LogP contribution in [0.25, 0.3) is 0 Å². The molecule has 0 aliphatic carbocycles. The first-order valence-electron chi connectivity index (χ1n) is 6.56. The maximum atomic E-state index is 12.0. The van der Waals surface area contributed by atoms with Crippen molar-refractivity contribution >= 4 is 17.3 Å². The molecule has 0 saturated carbocycles. The summed E-state index contributed by atoms with van der Waals surface area (Å²) in [6.07, 6.45) is 0. The van der Waals surface area contributed by atoms with Gasteiger partial charge in [0, 0.05) is 32.4 Å². The molecule has 0 aliphatic rings. The van der Waals surface area contributed by atoms with Gasteiger partial charge in [-0.25, -0.2) is 0 Å². The van der Waals surface area contributed by atoms with E-state index in [0.29, 0.717) is 37.6 Å². The minimum atomic E-state index is -0.0826. The van der Waals surface area contributed by atoms with Crippen molar-refractivity contribution in [2.24, 2.45) is 0 Å². The second-order valence-corrected chi connectivity index (χ2v) is 4.25. The predicted octanol–water partition coefficient (Wildman–Crippen LogP) is 1.49. The number of amides is 1. The van der Waals surface area contributed by atoms with E-state index in [9.17, 15) is 4.79 Å². The summed E-state index contributed by atoms with van der Waals surface area (Å²) >= 11 is 0. The maximum absolute atomic E-state index is 12.0. The number of nitrogen functional groups attached to an aromatic ring is 1. The van der Waals surface area contributed by atoms with E-state index in [1.54, 1.807) is 12.1 Å². The van der Waals surface area contributed by atoms with Crippen LogP contribution in [0.3, 0.4) is 0 Å². The van der Waals surface area contributed by atoms with Gasteiger partial charge in [-0.2, -0.15) is 0 Å². The fraction of sp³-hybridized carbons (Fsp3) is 0.500. The Bertz CT molecular complexity index is 421. The summed E-state index contributed by atoms with van der Waals surface area (Å²) in [5, 5.41) is 2.81. The zero-order valence-electron chi connectivity index (χ0n) is 11.9. The lowest BCUT2D eigenvalue weighted by Gasteiger charge is -2.22. The number of nitrogens with zero attached hydrogens (tertiary/aromatic N) is 1. The highest BCUT2D eigenvalue weighted by Gasteiger charge is 2.14. The van der Waals surface area contributed by atoms with Crippen LogP contribution in [0.15, 0.2) is 18.2 Å². The molecule has 1 aromatic rings. The monoisotopic (exact) mass is 265 g/mol. The normalized spacial score (nSPS) is 10.3. The molecule has 0 aliphatic heterocycles. The lowest BCUT2D eigenvalue weighted by molar-refractivity contribution is 0.0956. The second kappa shape index (κ2) is 7.63. The fourth-order valence-corrected chi connectivity index (χ4v) is 1.78. The van der Waals surface area contributed by atoms with Crippen molar-refractivity contribution in [2.45, 2.75) is 13.8 Å². The summed E-state index contributed by atoms with van der Waals surface area (Å²) < 4.78 is 5.33. The van der Waals surface area contributed by atoms with Crippen LogP contribution in [0.1, 0.15) is 24.2 Å². The number of ether oxygens (including phenoxy) is 1. The number of carbonyl (C=O) groups excluding carboxylic acids is 1. The van der Waals surface area contributed by atoms with Crippen LogP contribution >= 0.6 is 0 Å². The number of nitrogens with one attached hydrogen (secondary N) is 1. The minimum absolute atomic E-state index is 0.0826. The van der Waals surface area contributed by atoms with Gasteiger partial charge < -0.3 is 20.7 Å². The highest BCUT2D eigenvalue weighted by molar-refractivity contribution is 6.00. The van der Waals surface area contributed by atoms with E-state index in [1.807, 2.05) is 31.9 Å². The first-order chi connectivity index (χ1) is 9.10. The fourth-order valence-electron chi connectivity index (χ4n) is 1.78. The molecule has 0 atom stereocenters. The highest BCUT2D eigenvalue weighted by Crippen LogP contribution is 2.22. The Morgan fingerprint density at radius 1 is 1.42 bits per heavy atom. The van der Waals surface area contributed by atoms with Crippen molar-refractivity contribution in [3.8, 4) is 0 Å². The van der Waals surface area contributed by atoms with Crippen molar-refractivity contribution in [1.29, 1.82) is 0 Å². The van der Waals surface area contributed by atoms with Gasteiger partial charge in [0.1, 0.15) is 0 Å². The van der Waals surface area contributed by atoms with Crippen molar-refractivity contribution in [3.63, 3.8) is 0 Å². The molecule has 1 rings (SSSR count). The van der Waals surface area contributed by atoms with E-state index in [0.717, 1.165) is 5.69 Å². The lowest BCUT2D eigenvalue weighted by Crippen LogP contribution is -2.28. The molecule has 0 unspecified atom stereocenters. The van der Waals surface area contributed by atoms with Crippen molar-refractivity contribution in [1.82, 2.24) is 5.32 Å². The molecule has 1 amide bonds. The van der Waals surface area contributed by atoms with Crippen LogP contribution in [0.4, 0.5) is 11.4 Å². The summed E-state index contributed by atoms with van der Waals surface area (Å²) in [6, 6.07) is 5.31. The Morgan fingerprint density at radius 2 is 2.16 bits per heavy atom. The number of hydrogen-bond acceptors (Lipinski definition) is 4. The van der Waals surface area contributed by atoms with Gasteiger partial charge in [-0.15, -0.1) is 0 Å². The summed E-state index contributed by atoms with van der Waals surface area (Å²) in [6.45, 7) is 6.48. The standard InChI is InChI=1S/C14H23N3O2/c1-4-16-14(18)12-7-6-11(15)10-13(12)17(3)8-9-19-5-2/h6-7,10H,4-5,8-9,15H2,1-3H3,(H,16,18). The van der Waals surface area contributed by atoms with Crippen LogP contribution in [0.5, 0.6) is 0 Å². The van der Waals surface area contributed by atoms with Gasteiger partial charge in [-0.1, -0.05) is 0 Å². The number of likely N-dealkylation sites (N-methyl/N-ethyl adjacent to an activating group) is 1. The topological polar surface area (TPSA) is 67.6 Å². The maximum Gasteiger partial charge on any atom is 0.253 e. The van der Waals surface area contributed by atoms with E-state index in [-0.39, 0.29) is 5.91 Å². The average molecular weight is 265 g/mol. The molecule has 5 nitrogen and oxygen atoms in total. The number of hydrogen-bond donors (Lipinski definition) is 2. The largest absolute Gasteiger partial charge is 0.399 e. The van der Waals surface area contributed by atoms with E-state index in [2.05, 4.69) is 5.32 Å². The third-order valence-corrected chi connectivity index (χ3v) is 2.79. The third-order valence-electron chi connectivity index (χ3n) is 2.79. The Labute approximate surface area is 114 Å². The smallest absolute Gasteiger partial charge is 0.253 e. The minimum Gasteiger partial charge on any atom is -0.399 e. The lowest BCUT2D eigenvalue weighted by atomic mass is 10.1. The van der Waals surface area contributed by atoms with Gasteiger partial charge in [0.2, 0.25) is 0 Å². The number of nitrogens with two attached hydrogens (primary N) is 1. The van der Waals surface area contributed by atoms with E-state index >= 15 is 0 Å². The number of rotatable bonds is 7. The summed E-state index contributed by atoms with van der Waals surface area (Å²) in [5.41, 5.74) is 7.91. The molecule has 0 aromatic heterocycles. The number of carbonyl (C=O) groups is 1. The van der Waals surface area contributed by atoms with E-state index in [4.69, 9.17) is 10.5 Å². The Hall–Kier alpha value is -1.75. The first-order valence-corrected chi connectivity index (χ1v) is 6.56. The number of benzene rings is 1. The molecule has 0 radical (unpaired) electrons. The molecule has 1 aromatic carbocycles. The average Bonchev–Trinajstić information content (AvgIpc) is 2.39. The van der Waals surface area contributed by atoms with Crippen LogP contribution < -0.4 is 16.0 Å². The van der Waals surface area contributed by atoms with Gasteiger partial charge in [-0.3, -0.25) is 4.79 Å². The molecular formula is C14H23N3O2. The molecule has 19 heavy (non-hydrogen) atoms. The molecular weight excluding hydrogens is 242 g/mol.